The number of hydrogen-bond acceptors (Lipinski definition) is 4. The standard InChI is InChI=1S/C24H24N2O3S/c1-17-9-6-7-13-21(17)23(27)26-22(15-20-12-8-14-30-20)24(28)25-18(2)16-29-19-10-4-3-5-11-19/h3-15,18H,16H2,1-2H3,(H,25,28)(H,26,27)/b22-15-/t18-/m1/s1. The molecule has 0 radical (unpaired) electrons. The topological polar surface area (TPSA) is 67.4 Å². The Bertz CT molecular complexity index is 1010. The van der Waals surface area contributed by atoms with Crippen LogP contribution in [0.5, 0.6) is 5.75 Å². The molecule has 3 rings (SSSR count). The number of para-hydroxylation sites is 1. The van der Waals surface area contributed by atoms with E-state index in [1.807, 2.05) is 73.8 Å². The molecule has 1 heterocycles. The highest BCUT2D eigenvalue weighted by molar-refractivity contribution is 7.10. The van der Waals surface area contributed by atoms with Crippen LogP contribution in [0.3, 0.4) is 0 Å². The summed E-state index contributed by atoms with van der Waals surface area (Å²) >= 11 is 1.49. The van der Waals surface area contributed by atoms with E-state index in [9.17, 15) is 9.59 Å². The number of amides is 2. The molecule has 2 aromatic carbocycles. The van der Waals surface area contributed by atoms with Crippen molar-refractivity contribution in [3.05, 3.63) is 93.8 Å². The van der Waals surface area contributed by atoms with Crippen molar-refractivity contribution in [2.24, 2.45) is 0 Å². The van der Waals surface area contributed by atoms with E-state index in [2.05, 4.69) is 10.6 Å². The Morgan fingerprint density at radius 1 is 1.03 bits per heavy atom. The number of hydrogen-bond donors (Lipinski definition) is 2. The summed E-state index contributed by atoms with van der Waals surface area (Å²) in [6.07, 6.45) is 1.68. The molecule has 30 heavy (non-hydrogen) atoms. The molecule has 5 nitrogen and oxygen atoms in total. The van der Waals surface area contributed by atoms with E-state index in [0.717, 1.165) is 16.2 Å². The third-order valence-corrected chi connectivity index (χ3v) is 5.15. The van der Waals surface area contributed by atoms with Gasteiger partial charge in [-0.05, 0) is 55.1 Å². The molecule has 0 saturated carbocycles. The first-order valence-electron chi connectivity index (χ1n) is 9.64. The van der Waals surface area contributed by atoms with Crippen LogP contribution in [0.15, 0.2) is 77.8 Å². The molecule has 0 aliphatic heterocycles. The van der Waals surface area contributed by atoms with Gasteiger partial charge in [0.15, 0.2) is 0 Å². The number of rotatable bonds is 8. The number of ether oxygens (including phenoxy) is 1. The summed E-state index contributed by atoms with van der Waals surface area (Å²) in [6, 6.07) is 20.2. The minimum atomic E-state index is -0.366. The molecule has 1 atom stereocenters. The first-order valence-corrected chi connectivity index (χ1v) is 10.5. The number of benzene rings is 2. The van der Waals surface area contributed by atoms with Crippen LogP contribution in [0.4, 0.5) is 0 Å². The van der Waals surface area contributed by atoms with Crippen molar-refractivity contribution < 1.29 is 14.3 Å². The number of aryl methyl sites for hydroxylation is 1. The van der Waals surface area contributed by atoms with Gasteiger partial charge in [-0.15, -0.1) is 11.3 Å². The smallest absolute Gasteiger partial charge is 0.268 e. The molecule has 0 aliphatic rings. The maximum Gasteiger partial charge on any atom is 0.268 e. The Labute approximate surface area is 180 Å². The highest BCUT2D eigenvalue weighted by Gasteiger charge is 2.18. The molecule has 2 N–H and O–H groups in total. The molecule has 0 fully saturated rings. The van der Waals surface area contributed by atoms with Gasteiger partial charge in [0, 0.05) is 10.4 Å². The van der Waals surface area contributed by atoms with Crippen molar-refractivity contribution in [2.45, 2.75) is 19.9 Å². The fourth-order valence-corrected chi connectivity index (χ4v) is 3.43. The van der Waals surface area contributed by atoms with Crippen LogP contribution >= 0.6 is 11.3 Å². The second-order valence-electron chi connectivity index (χ2n) is 6.84. The Balaban J connectivity index is 1.69. The van der Waals surface area contributed by atoms with E-state index in [-0.39, 0.29) is 23.6 Å². The second-order valence-corrected chi connectivity index (χ2v) is 7.82. The van der Waals surface area contributed by atoms with Gasteiger partial charge in [0.05, 0.1) is 6.04 Å². The van der Waals surface area contributed by atoms with E-state index < -0.39 is 0 Å². The number of nitrogens with one attached hydrogen (secondary N) is 2. The van der Waals surface area contributed by atoms with Crippen LogP contribution < -0.4 is 15.4 Å². The van der Waals surface area contributed by atoms with Crippen molar-refractivity contribution in [1.82, 2.24) is 10.6 Å². The molecule has 154 valence electrons. The third-order valence-electron chi connectivity index (χ3n) is 4.33. The van der Waals surface area contributed by atoms with E-state index >= 15 is 0 Å². The van der Waals surface area contributed by atoms with Crippen LogP contribution in [0.1, 0.15) is 27.7 Å². The highest BCUT2D eigenvalue weighted by atomic mass is 32.1. The summed E-state index contributed by atoms with van der Waals surface area (Å²) < 4.78 is 5.70. The lowest BCUT2D eigenvalue weighted by molar-refractivity contribution is -0.118. The van der Waals surface area contributed by atoms with E-state index in [0.29, 0.717) is 12.2 Å². The maximum atomic E-state index is 12.9. The zero-order chi connectivity index (χ0) is 21.3. The van der Waals surface area contributed by atoms with Gasteiger partial charge in [0.1, 0.15) is 18.1 Å². The van der Waals surface area contributed by atoms with Gasteiger partial charge in [-0.3, -0.25) is 9.59 Å². The minimum absolute atomic E-state index is 0.192. The molecule has 0 saturated heterocycles. The van der Waals surface area contributed by atoms with Crippen LogP contribution in [0.2, 0.25) is 0 Å². The summed E-state index contributed by atoms with van der Waals surface area (Å²) in [5.74, 6) is 0.0505. The monoisotopic (exact) mass is 420 g/mol. The highest BCUT2D eigenvalue weighted by Crippen LogP contribution is 2.14. The lowest BCUT2D eigenvalue weighted by Crippen LogP contribution is -2.41. The zero-order valence-corrected chi connectivity index (χ0v) is 17.7. The molecule has 6 heteroatoms. The minimum Gasteiger partial charge on any atom is -0.491 e. The largest absolute Gasteiger partial charge is 0.491 e. The van der Waals surface area contributed by atoms with E-state index in [4.69, 9.17) is 4.74 Å². The molecular formula is C24H24N2O3S. The Morgan fingerprint density at radius 2 is 1.77 bits per heavy atom. The van der Waals surface area contributed by atoms with Crippen molar-refractivity contribution in [2.75, 3.05) is 6.61 Å². The molecule has 0 unspecified atom stereocenters. The lowest BCUT2D eigenvalue weighted by Gasteiger charge is -2.17. The van der Waals surface area contributed by atoms with Gasteiger partial charge in [-0.1, -0.05) is 42.5 Å². The molecule has 3 aromatic rings. The van der Waals surface area contributed by atoms with Crippen molar-refractivity contribution in [3.8, 4) is 5.75 Å². The van der Waals surface area contributed by atoms with Crippen LogP contribution in [0, 0.1) is 6.92 Å². The quantitative estimate of drug-likeness (QED) is 0.531. The molecule has 0 bridgehead atoms. The summed E-state index contributed by atoms with van der Waals surface area (Å²) in [6.45, 7) is 4.03. The lowest BCUT2D eigenvalue weighted by atomic mass is 10.1. The van der Waals surface area contributed by atoms with E-state index in [1.54, 1.807) is 18.2 Å². The Kier molecular flexibility index (Phi) is 7.40. The second kappa shape index (κ2) is 10.4. The zero-order valence-electron chi connectivity index (χ0n) is 16.9. The van der Waals surface area contributed by atoms with Crippen molar-refractivity contribution in [3.63, 3.8) is 0 Å². The van der Waals surface area contributed by atoms with Crippen molar-refractivity contribution >= 4 is 29.2 Å². The first kappa shape index (κ1) is 21.3. The fraction of sp³-hybridized carbons (Fsp3) is 0.167. The molecule has 0 spiro atoms. The summed E-state index contributed by atoms with van der Waals surface area (Å²) in [7, 11) is 0. The van der Waals surface area contributed by atoms with Gasteiger partial charge in [-0.2, -0.15) is 0 Å². The maximum absolute atomic E-state index is 12.9. The Morgan fingerprint density at radius 3 is 2.47 bits per heavy atom. The van der Waals surface area contributed by atoms with Gasteiger partial charge < -0.3 is 15.4 Å². The molecule has 0 aliphatic carbocycles. The first-order chi connectivity index (χ1) is 14.5. The molecule has 1 aromatic heterocycles. The average molecular weight is 421 g/mol. The van der Waals surface area contributed by atoms with Crippen LogP contribution in [-0.2, 0) is 4.79 Å². The normalized spacial score (nSPS) is 12.1. The SMILES string of the molecule is Cc1ccccc1C(=O)N/C(=C\c1cccs1)C(=O)N[C@H](C)COc1ccccc1. The van der Waals surface area contributed by atoms with Crippen LogP contribution in [-0.4, -0.2) is 24.5 Å². The summed E-state index contributed by atoms with van der Waals surface area (Å²) in [4.78, 5) is 26.5. The fourth-order valence-electron chi connectivity index (χ4n) is 2.77. The number of thiophene rings is 1. The molecule has 2 amide bonds. The number of carbonyl (C=O) groups is 2. The summed E-state index contributed by atoms with van der Waals surface area (Å²) in [5.41, 5.74) is 1.57. The van der Waals surface area contributed by atoms with Crippen LogP contribution in [0.25, 0.3) is 6.08 Å². The average Bonchev–Trinajstić information content (AvgIpc) is 3.26. The number of carbonyl (C=O) groups excluding carboxylic acids is 2. The van der Waals surface area contributed by atoms with Gasteiger partial charge in [-0.25, -0.2) is 0 Å². The Hall–Kier alpha value is -3.38. The van der Waals surface area contributed by atoms with Gasteiger partial charge in [0.2, 0.25) is 0 Å². The van der Waals surface area contributed by atoms with Crippen molar-refractivity contribution in [1.29, 1.82) is 0 Å². The third kappa shape index (κ3) is 6.06. The van der Waals surface area contributed by atoms with Gasteiger partial charge in [0.25, 0.3) is 11.8 Å². The summed E-state index contributed by atoms with van der Waals surface area (Å²) in [5, 5.41) is 7.58. The van der Waals surface area contributed by atoms with E-state index in [1.165, 1.54) is 11.3 Å². The molecular weight excluding hydrogens is 396 g/mol. The van der Waals surface area contributed by atoms with Gasteiger partial charge >= 0.3 is 0 Å². The predicted octanol–water partition coefficient (Wildman–Crippen LogP) is 4.41. The predicted molar refractivity (Wildman–Crippen MR) is 120 cm³/mol.